The number of benzene rings is 3. The summed E-state index contributed by atoms with van der Waals surface area (Å²) in [5.41, 5.74) is 3.23. The average molecular weight is 486 g/mol. The Kier molecular flexibility index (Phi) is 6.61. The highest BCUT2D eigenvalue weighted by atomic mass is 35.5. The van der Waals surface area contributed by atoms with Crippen LogP contribution in [0.2, 0.25) is 5.02 Å². The number of urea groups is 1. The largest absolute Gasteiger partial charge is 0.322 e. The number of carbonyl (C=O) groups excluding carboxylic acids is 2. The molecular formula is C27H24ClN5O2. The zero-order valence-corrected chi connectivity index (χ0v) is 19.7. The second kappa shape index (κ2) is 10.1. The van der Waals surface area contributed by atoms with Crippen molar-refractivity contribution in [2.75, 3.05) is 36.8 Å². The minimum Gasteiger partial charge on any atom is -0.322 e. The standard InChI is InChI=1S/C27H24ClN5O2/c28-24-10-9-21(17-23(24)25-22-4-2-1-3-18(22)11-12-30-25)31-26(34)19-5-7-20(8-6-19)32-27(35)33-15-13-29-14-16-33/h1-12,17,29H,13-16H2,(H,31,34)(H,32,35). The van der Waals surface area contributed by atoms with E-state index in [-0.39, 0.29) is 11.9 Å². The van der Waals surface area contributed by atoms with E-state index in [2.05, 4.69) is 20.9 Å². The first-order chi connectivity index (χ1) is 17.1. The molecule has 3 amide bonds. The smallest absolute Gasteiger partial charge is 0.321 e. The zero-order valence-electron chi connectivity index (χ0n) is 18.9. The van der Waals surface area contributed by atoms with Gasteiger partial charge in [0, 0.05) is 60.3 Å². The Morgan fingerprint density at radius 1 is 0.886 bits per heavy atom. The number of nitrogens with zero attached hydrogens (tertiary/aromatic N) is 2. The Hall–Kier alpha value is -3.94. The number of pyridine rings is 1. The number of amides is 3. The molecule has 1 saturated heterocycles. The van der Waals surface area contributed by atoms with Crippen LogP contribution in [0.1, 0.15) is 10.4 Å². The summed E-state index contributed by atoms with van der Waals surface area (Å²) < 4.78 is 0. The van der Waals surface area contributed by atoms with Crippen LogP contribution in [-0.2, 0) is 0 Å². The van der Waals surface area contributed by atoms with Crippen molar-refractivity contribution < 1.29 is 9.59 Å². The van der Waals surface area contributed by atoms with Crippen LogP contribution in [0.3, 0.4) is 0 Å². The molecule has 0 radical (unpaired) electrons. The number of rotatable bonds is 4. The Labute approximate surface area is 208 Å². The number of hydrogen-bond acceptors (Lipinski definition) is 4. The molecule has 0 bridgehead atoms. The van der Waals surface area contributed by atoms with E-state index >= 15 is 0 Å². The first kappa shape index (κ1) is 22.8. The quantitative estimate of drug-likeness (QED) is 0.369. The van der Waals surface area contributed by atoms with Gasteiger partial charge in [-0.05, 0) is 53.9 Å². The van der Waals surface area contributed by atoms with Gasteiger partial charge in [-0.2, -0.15) is 0 Å². The molecule has 1 aliphatic heterocycles. The SMILES string of the molecule is O=C(Nc1ccc(Cl)c(-c2nccc3ccccc23)c1)c1ccc(NC(=O)N2CCNCC2)cc1. The van der Waals surface area contributed by atoms with Crippen LogP contribution in [0.5, 0.6) is 0 Å². The van der Waals surface area contributed by atoms with Gasteiger partial charge in [0.05, 0.1) is 10.7 Å². The van der Waals surface area contributed by atoms with E-state index in [9.17, 15) is 9.59 Å². The molecule has 1 aliphatic rings. The van der Waals surface area contributed by atoms with Gasteiger partial charge in [0.2, 0.25) is 0 Å². The summed E-state index contributed by atoms with van der Waals surface area (Å²) in [6, 6.07) is 21.9. The topological polar surface area (TPSA) is 86.4 Å². The van der Waals surface area contributed by atoms with Crippen molar-refractivity contribution in [1.29, 1.82) is 0 Å². The molecule has 1 aromatic heterocycles. The van der Waals surface area contributed by atoms with Gasteiger partial charge in [-0.25, -0.2) is 4.79 Å². The van der Waals surface area contributed by atoms with E-state index in [0.29, 0.717) is 35.1 Å². The molecule has 0 saturated carbocycles. The van der Waals surface area contributed by atoms with E-state index in [0.717, 1.165) is 35.1 Å². The highest BCUT2D eigenvalue weighted by Crippen LogP contribution is 2.33. The molecule has 0 unspecified atom stereocenters. The first-order valence-electron chi connectivity index (χ1n) is 11.4. The third-order valence-corrected chi connectivity index (χ3v) is 6.29. The van der Waals surface area contributed by atoms with Crippen molar-refractivity contribution in [2.45, 2.75) is 0 Å². The summed E-state index contributed by atoms with van der Waals surface area (Å²) in [5, 5.41) is 11.6. The van der Waals surface area contributed by atoms with E-state index in [4.69, 9.17) is 11.6 Å². The van der Waals surface area contributed by atoms with Gasteiger partial charge in [-0.3, -0.25) is 9.78 Å². The summed E-state index contributed by atoms with van der Waals surface area (Å²) in [6.45, 7) is 2.92. The molecular weight excluding hydrogens is 462 g/mol. The summed E-state index contributed by atoms with van der Waals surface area (Å²) in [7, 11) is 0. The lowest BCUT2D eigenvalue weighted by Gasteiger charge is -2.27. The van der Waals surface area contributed by atoms with Crippen LogP contribution in [0.15, 0.2) is 79.0 Å². The second-order valence-corrected chi connectivity index (χ2v) is 8.68. The highest BCUT2D eigenvalue weighted by molar-refractivity contribution is 6.33. The lowest BCUT2D eigenvalue weighted by molar-refractivity contribution is 0.102. The third kappa shape index (κ3) is 5.11. The van der Waals surface area contributed by atoms with Gasteiger partial charge in [0.25, 0.3) is 5.91 Å². The van der Waals surface area contributed by atoms with Crippen LogP contribution in [0.4, 0.5) is 16.2 Å². The van der Waals surface area contributed by atoms with E-state index in [1.54, 1.807) is 47.5 Å². The fraction of sp³-hybridized carbons (Fsp3) is 0.148. The van der Waals surface area contributed by atoms with Gasteiger partial charge in [0.1, 0.15) is 0 Å². The lowest BCUT2D eigenvalue weighted by Crippen LogP contribution is -2.48. The molecule has 8 heteroatoms. The zero-order chi connectivity index (χ0) is 24.2. The van der Waals surface area contributed by atoms with Gasteiger partial charge in [0.15, 0.2) is 0 Å². The fourth-order valence-corrected chi connectivity index (χ4v) is 4.30. The number of aromatic nitrogens is 1. The molecule has 7 nitrogen and oxygen atoms in total. The maximum Gasteiger partial charge on any atom is 0.321 e. The number of hydrogen-bond donors (Lipinski definition) is 3. The Morgan fingerprint density at radius 2 is 1.63 bits per heavy atom. The normalized spacial score (nSPS) is 13.5. The third-order valence-electron chi connectivity index (χ3n) is 5.96. The van der Waals surface area contributed by atoms with E-state index < -0.39 is 0 Å². The molecule has 0 spiro atoms. The predicted molar refractivity (Wildman–Crippen MR) is 140 cm³/mol. The molecule has 0 aliphatic carbocycles. The molecule has 176 valence electrons. The maximum absolute atomic E-state index is 12.9. The molecule has 2 heterocycles. The van der Waals surface area contributed by atoms with Crippen molar-refractivity contribution in [2.24, 2.45) is 0 Å². The lowest BCUT2D eigenvalue weighted by atomic mass is 10.0. The van der Waals surface area contributed by atoms with Crippen LogP contribution in [0, 0.1) is 0 Å². The number of carbonyl (C=O) groups is 2. The maximum atomic E-state index is 12.9. The van der Waals surface area contributed by atoms with Gasteiger partial charge < -0.3 is 20.9 Å². The first-order valence-corrected chi connectivity index (χ1v) is 11.8. The molecule has 5 rings (SSSR count). The van der Waals surface area contributed by atoms with Gasteiger partial charge in [-0.15, -0.1) is 0 Å². The molecule has 0 atom stereocenters. The molecule has 35 heavy (non-hydrogen) atoms. The molecule has 4 aromatic rings. The van der Waals surface area contributed by atoms with Gasteiger partial charge in [-0.1, -0.05) is 35.9 Å². The monoisotopic (exact) mass is 485 g/mol. The Bertz CT molecular complexity index is 1380. The Morgan fingerprint density at radius 3 is 2.43 bits per heavy atom. The average Bonchev–Trinajstić information content (AvgIpc) is 2.90. The predicted octanol–water partition coefficient (Wildman–Crippen LogP) is 5.24. The number of nitrogens with one attached hydrogen (secondary N) is 3. The summed E-state index contributed by atoms with van der Waals surface area (Å²) >= 11 is 6.51. The summed E-state index contributed by atoms with van der Waals surface area (Å²) in [6.07, 6.45) is 1.75. The number of halogens is 1. The van der Waals surface area contributed by atoms with Crippen LogP contribution in [0.25, 0.3) is 22.0 Å². The summed E-state index contributed by atoms with van der Waals surface area (Å²) in [4.78, 5) is 31.6. The number of piperazine rings is 1. The van der Waals surface area contributed by atoms with Crippen molar-refractivity contribution in [1.82, 2.24) is 15.2 Å². The number of fused-ring (bicyclic) bond motifs is 1. The Balaban J connectivity index is 1.31. The minimum absolute atomic E-state index is 0.139. The van der Waals surface area contributed by atoms with Crippen molar-refractivity contribution >= 4 is 45.7 Å². The second-order valence-electron chi connectivity index (χ2n) is 8.27. The van der Waals surface area contributed by atoms with Crippen molar-refractivity contribution in [3.8, 4) is 11.3 Å². The van der Waals surface area contributed by atoms with E-state index in [1.807, 2.05) is 36.4 Å². The minimum atomic E-state index is -0.260. The van der Waals surface area contributed by atoms with Crippen molar-refractivity contribution in [3.63, 3.8) is 0 Å². The number of anilines is 2. The van der Waals surface area contributed by atoms with E-state index in [1.165, 1.54) is 0 Å². The highest BCUT2D eigenvalue weighted by Gasteiger charge is 2.16. The molecule has 3 aromatic carbocycles. The fourth-order valence-electron chi connectivity index (χ4n) is 4.10. The van der Waals surface area contributed by atoms with Crippen LogP contribution >= 0.6 is 11.6 Å². The summed E-state index contributed by atoms with van der Waals surface area (Å²) in [5.74, 6) is -0.260. The van der Waals surface area contributed by atoms with Crippen LogP contribution in [-0.4, -0.2) is 48.0 Å². The molecule has 3 N–H and O–H groups in total. The molecule has 1 fully saturated rings. The van der Waals surface area contributed by atoms with Crippen LogP contribution < -0.4 is 16.0 Å². The van der Waals surface area contributed by atoms with Gasteiger partial charge >= 0.3 is 6.03 Å². The van der Waals surface area contributed by atoms with Crippen molar-refractivity contribution in [3.05, 3.63) is 89.6 Å².